The third-order valence-corrected chi connectivity index (χ3v) is 4.90. The van der Waals surface area contributed by atoms with Gasteiger partial charge in [-0.05, 0) is 61.7 Å². The highest BCUT2D eigenvalue weighted by Gasteiger charge is 2.26. The number of amides is 1. The van der Waals surface area contributed by atoms with Crippen molar-refractivity contribution in [3.05, 3.63) is 71.8 Å². The van der Waals surface area contributed by atoms with Crippen LogP contribution in [-0.4, -0.2) is 44.1 Å². The Morgan fingerprint density at radius 2 is 2.07 bits per heavy atom. The fraction of sp³-hybridized carbons (Fsp3) is 0.286. The minimum Gasteiger partial charge on any atom is -0.337 e. The Labute approximate surface area is 163 Å². The molecule has 0 aromatic carbocycles. The van der Waals surface area contributed by atoms with Crippen LogP contribution in [0.4, 0.5) is 11.6 Å². The van der Waals surface area contributed by atoms with Crippen LogP contribution in [0.3, 0.4) is 0 Å². The second kappa shape index (κ2) is 8.12. The fourth-order valence-corrected chi connectivity index (χ4v) is 3.52. The summed E-state index contributed by atoms with van der Waals surface area (Å²) in [6.07, 6.45) is 5.37. The zero-order chi connectivity index (χ0) is 19.3. The molecule has 1 aliphatic rings. The van der Waals surface area contributed by atoms with Gasteiger partial charge in [0.1, 0.15) is 11.6 Å². The van der Waals surface area contributed by atoms with Gasteiger partial charge in [0.05, 0.1) is 0 Å². The lowest BCUT2D eigenvalue weighted by Crippen LogP contribution is -2.39. The van der Waals surface area contributed by atoms with Crippen molar-refractivity contribution >= 4 is 17.5 Å². The Morgan fingerprint density at radius 1 is 1.14 bits per heavy atom. The number of nitrogens with one attached hydrogen (secondary N) is 1. The summed E-state index contributed by atoms with van der Waals surface area (Å²) in [7, 11) is 0. The number of anilines is 2. The van der Waals surface area contributed by atoms with E-state index in [1.165, 1.54) is 5.56 Å². The first kappa shape index (κ1) is 18.0. The number of pyridine rings is 2. The van der Waals surface area contributed by atoms with E-state index in [0.717, 1.165) is 36.7 Å². The van der Waals surface area contributed by atoms with E-state index < -0.39 is 0 Å². The van der Waals surface area contributed by atoms with Gasteiger partial charge >= 0.3 is 0 Å². The molecule has 1 amide bonds. The van der Waals surface area contributed by atoms with Gasteiger partial charge in [-0.25, -0.2) is 9.97 Å². The first-order chi connectivity index (χ1) is 13.7. The SMILES string of the molecule is Cc1cccc(Nc2cc([C@@H]3CCCN(C(=O)c4cccnn4)C3)ccn2)n1. The van der Waals surface area contributed by atoms with Crippen molar-refractivity contribution in [3.63, 3.8) is 0 Å². The average molecular weight is 374 g/mol. The molecule has 0 spiro atoms. The summed E-state index contributed by atoms with van der Waals surface area (Å²) in [5.74, 6) is 1.73. The highest BCUT2D eigenvalue weighted by Crippen LogP contribution is 2.29. The van der Waals surface area contributed by atoms with Gasteiger partial charge in [0.2, 0.25) is 0 Å². The number of nitrogens with zero attached hydrogens (tertiary/aromatic N) is 5. The van der Waals surface area contributed by atoms with Gasteiger partial charge < -0.3 is 10.2 Å². The van der Waals surface area contributed by atoms with Crippen LogP contribution in [0.1, 0.15) is 40.5 Å². The maximum atomic E-state index is 12.7. The molecule has 0 unspecified atom stereocenters. The predicted molar refractivity (Wildman–Crippen MR) is 106 cm³/mol. The Morgan fingerprint density at radius 3 is 2.89 bits per heavy atom. The molecule has 1 aliphatic heterocycles. The molecular formula is C21H22N6O. The summed E-state index contributed by atoms with van der Waals surface area (Å²) in [6, 6.07) is 13.4. The highest BCUT2D eigenvalue weighted by molar-refractivity contribution is 5.92. The number of carbonyl (C=O) groups excluding carboxylic acids is 1. The van der Waals surface area contributed by atoms with E-state index in [1.807, 2.05) is 42.2 Å². The number of aromatic nitrogens is 4. The van der Waals surface area contributed by atoms with E-state index in [4.69, 9.17) is 0 Å². The van der Waals surface area contributed by atoms with E-state index in [2.05, 4.69) is 25.5 Å². The number of hydrogen-bond acceptors (Lipinski definition) is 6. The van der Waals surface area contributed by atoms with Gasteiger partial charge in [0, 0.05) is 37.1 Å². The number of rotatable bonds is 4. The second-order valence-electron chi connectivity index (χ2n) is 6.96. The summed E-state index contributed by atoms with van der Waals surface area (Å²) < 4.78 is 0. The second-order valence-corrected chi connectivity index (χ2v) is 6.96. The van der Waals surface area contributed by atoms with Crippen LogP contribution in [0.15, 0.2) is 54.9 Å². The van der Waals surface area contributed by atoms with Crippen LogP contribution in [0, 0.1) is 6.92 Å². The summed E-state index contributed by atoms with van der Waals surface area (Å²) >= 11 is 0. The largest absolute Gasteiger partial charge is 0.337 e. The third kappa shape index (κ3) is 4.14. The minimum absolute atomic E-state index is 0.0610. The Hall–Kier alpha value is -3.35. The lowest BCUT2D eigenvalue weighted by Gasteiger charge is -2.32. The molecule has 142 valence electrons. The van der Waals surface area contributed by atoms with Crippen molar-refractivity contribution in [2.75, 3.05) is 18.4 Å². The van der Waals surface area contributed by atoms with Crippen LogP contribution < -0.4 is 5.32 Å². The standard InChI is InChI=1S/C21H22N6O/c1-15-5-2-8-19(24-15)25-20-13-16(9-11-22-20)17-6-4-12-27(14-17)21(28)18-7-3-10-23-26-18/h2-3,5,7-11,13,17H,4,6,12,14H2,1H3,(H,22,24,25)/t17-/m1/s1. The number of hydrogen-bond donors (Lipinski definition) is 1. The zero-order valence-electron chi connectivity index (χ0n) is 15.7. The topological polar surface area (TPSA) is 83.9 Å². The zero-order valence-corrected chi connectivity index (χ0v) is 15.7. The average Bonchev–Trinajstić information content (AvgIpc) is 2.74. The van der Waals surface area contributed by atoms with E-state index in [-0.39, 0.29) is 11.8 Å². The fourth-order valence-electron chi connectivity index (χ4n) is 3.52. The molecule has 0 bridgehead atoms. The first-order valence-corrected chi connectivity index (χ1v) is 9.42. The van der Waals surface area contributed by atoms with Crippen molar-refractivity contribution < 1.29 is 4.79 Å². The van der Waals surface area contributed by atoms with Crippen molar-refractivity contribution in [2.24, 2.45) is 0 Å². The van der Waals surface area contributed by atoms with Gasteiger partial charge in [-0.1, -0.05) is 6.07 Å². The minimum atomic E-state index is -0.0610. The quantitative estimate of drug-likeness (QED) is 0.754. The molecule has 4 heterocycles. The van der Waals surface area contributed by atoms with Gasteiger partial charge in [-0.2, -0.15) is 5.10 Å². The van der Waals surface area contributed by atoms with Gasteiger partial charge in [-0.15, -0.1) is 5.10 Å². The van der Waals surface area contributed by atoms with Crippen LogP contribution >= 0.6 is 0 Å². The maximum absolute atomic E-state index is 12.7. The summed E-state index contributed by atoms with van der Waals surface area (Å²) in [6.45, 7) is 3.37. The Balaban J connectivity index is 1.48. The molecular weight excluding hydrogens is 352 g/mol. The Bertz CT molecular complexity index is 962. The monoisotopic (exact) mass is 374 g/mol. The van der Waals surface area contributed by atoms with Gasteiger partial charge in [0.25, 0.3) is 5.91 Å². The van der Waals surface area contributed by atoms with E-state index in [0.29, 0.717) is 12.2 Å². The molecule has 3 aromatic heterocycles. The molecule has 0 aliphatic carbocycles. The molecule has 3 aromatic rings. The predicted octanol–water partition coefficient (Wildman–Crippen LogP) is 3.34. The van der Waals surface area contributed by atoms with Crippen molar-refractivity contribution in [1.29, 1.82) is 0 Å². The molecule has 1 atom stereocenters. The van der Waals surface area contributed by atoms with Crippen molar-refractivity contribution in [1.82, 2.24) is 25.1 Å². The lowest BCUT2D eigenvalue weighted by atomic mass is 9.91. The molecule has 0 radical (unpaired) electrons. The van der Waals surface area contributed by atoms with Crippen LogP contribution in [0.5, 0.6) is 0 Å². The molecule has 7 heteroatoms. The number of carbonyl (C=O) groups is 1. The maximum Gasteiger partial charge on any atom is 0.274 e. The number of aryl methyl sites for hydroxylation is 1. The molecule has 4 rings (SSSR count). The first-order valence-electron chi connectivity index (χ1n) is 9.42. The normalized spacial score (nSPS) is 16.6. The molecule has 1 saturated heterocycles. The molecule has 0 saturated carbocycles. The molecule has 1 N–H and O–H groups in total. The van der Waals surface area contributed by atoms with Crippen LogP contribution in [0.2, 0.25) is 0 Å². The van der Waals surface area contributed by atoms with Crippen LogP contribution in [-0.2, 0) is 0 Å². The Kier molecular flexibility index (Phi) is 5.23. The van der Waals surface area contributed by atoms with Gasteiger partial charge in [-0.3, -0.25) is 4.79 Å². The third-order valence-electron chi connectivity index (χ3n) is 4.90. The molecule has 28 heavy (non-hydrogen) atoms. The van der Waals surface area contributed by atoms with E-state index in [1.54, 1.807) is 24.5 Å². The molecule has 7 nitrogen and oxygen atoms in total. The van der Waals surface area contributed by atoms with Gasteiger partial charge in [0.15, 0.2) is 5.69 Å². The van der Waals surface area contributed by atoms with E-state index >= 15 is 0 Å². The lowest BCUT2D eigenvalue weighted by molar-refractivity contribution is 0.0700. The molecule has 1 fully saturated rings. The van der Waals surface area contributed by atoms with E-state index in [9.17, 15) is 4.79 Å². The van der Waals surface area contributed by atoms with Crippen LogP contribution in [0.25, 0.3) is 0 Å². The highest BCUT2D eigenvalue weighted by atomic mass is 16.2. The smallest absolute Gasteiger partial charge is 0.274 e. The summed E-state index contributed by atoms with van der Waals surface area (Å²) in [4.78, 5) is 23.4. The summed E-state index contributed by atoms with van der Waals surface area (Å²) in [5, 5.41) is 11.0. The number of likely N-dealkylation sites (tertiary alicyclic amines) is 1. The van der Waals surface area contributed by atoms with Crippen molar-refractivity contribution in [3.8, 4) is 0 Å². The van der Waals surface area contributed by atoms with Crippen molar-refractivity contribution in [2.45, 2.75) is 25.7 Å². The summed E-state index contributed by atoms with van der Waals surface area (Å²) in [5.41, 5.74) is 2.51. The number of piperidine rings is 1.